The summed E-state index contributed by atoms with van der Waals surface area (Å²) in [6.45, 7) is 0. The Morgan fingerprint density at radius 1 is 1.43 bits per heavy atom. The summed E-state index contributed by atoms with van der Waals surface area (Å²) < 4.78 is 0. The molecule has 2 N–H and O–H groups in total. The van der Waals surface area contributed by atoms with Crippen molar-refractivity contribution >= 4 is 29.5 Å². The van der Waals surface area contributed by atoms with E-state index in [9.17, 15) is 0 Å². The van der Waals surface area contributed by atoms with Gasteiger partial charge in [0.25, 0.3) is 0 Å². The predicted molar refractivity (Wildman–Crippen MR) is 60.5 cm³/mol. The lowest BCUT2D eigenvalue weighted by atomic mass is 10.2. The highest BCUT2D eigenvalue weighted by atomic mass is 32.2. The van der Waals surface area contributed by atoms with Crippen LogP contribution in [0.25, 0.3) is 0 Å². The van der Waals surface area contributed by atoms with Crippen molar-refractivity contribution < 1.29 is 0 Å². The molecule has 1 atom stereocenters. The molecule has 4 nitrogen and oxygen atoms in total. The number of nitrogens with two attached hydrogens (primary N) is 1. The average Bonchev–Trinajstić information content (AvgIpc) is 2.69. The van der Waals surface area contributed by atoms with Crippen molar-refractivity contribution in [2.75, 3.05) is 17.7 Å². The lowest BCUT2D eigenvalue weighted by molar-refractivity contribution is 0.742. The number of aromatic nitrogens is 3. The van der Waals surface area contributed by atoms with E-state index in [1.807, 2.05) is 18.0 Å². The fourth-order valence-corrected chi connectivity index (χ4v) is 2.98. The monoisotopic (exact) mass is 228 g/mol. The Labute approximate surface area is 91.5 Å². The Hall–Kier alpha value is -0.490. The quantitative estimate of drug-likeness (QED) is 0.778. The molecule has 0 saturated carbocycles. The fraction of sp³-hybridized carbons (Fsp3) is 0.625. The lowest BCUT2D eigenvalue weighted by Crippen LogP contribution is -2.05. The lowest BCUT2D eigenvalue weighted by Gasteiger charge is -2.07. The third-order valence-corrected chi connectivity index (χ3v) is 3.97. The Balaban J connectivity index is 2.27. The average molecular weight is 228 g/mol. The van der Waals surface area contributed by atoms with Crippen molar-refractivity contribution in [1.29, 1.82) is 0 Å². The summed E-state index contributed by atoms with van der Waals surface area (Å²) >= 11 is 3.41. The molecule has 0 bridgehead atoms. The van der Waals surface area contributed by atoms with Crippen LogP contribution in [0, 0.1) is 0 Å². The molecule has 1 aromatic heterocycles. The van der Waals surface area contributed by atoms with Crippen LogP contribution in [0.3, 0.4) is 0 Å². The molecule has 1 unspecified atom stereocenters. The molecule has 6 heteroatoms. The van der Waals surface area contributed by atoms with E-state index < -0.39 is 0 Å². The van der Waals surface area contributed by atoms with Crippen LogP contribution in [0.2, 0.25) is 0 Å². The Kier molecular flexibility index (Phi) is 3.12. The molecular weight excluding hydrogens is 216 g/mol. The number of nitrogen functional groups attached to an aromatic ring is 1. The largest absolute Gasteiger partial charge is 0.368 e. The number of hydrogen-bond donors (Lipinski definition) is 1. The molecule has 1 fully saturated rings. The minimum absolute atomic E-state index is 0.340. The van der Waals surface area contributed by atoms with Crippen LogP contribution in [-0.4, -0.2) is 27.0 Å². The molecule has 14 heavy (non-hydrogen) atoms. The van der Waals surface area contributed by atoms with Gasteiger partial charge < -0.3 is 5.73 Å². The minimum Gasteiger partial charge on any atom is -0.368 e. The zero-order chi connectivity index (χ0) is 9.97. The van der Waals surface area contributed by atoms with E-state index in [0.29, 0.717) is 11.2 Å². The topological polar surface area (TPSA) is 64.7 Å². The van der Waals surface area contributed by atoms with Crippen LogP contribution in [0.1, 0.15) is 23.9 Å². The summed E-state index contributed by atoms with van der Waals surface area (Å²) in [7, 11) is 0. The molecular formula is C8H12N4S2. The van der Waals surface area contributed by atoms with Crippen LogP contribution >= 0.6 is 23.5 Å². The van der Waals surface area contributed by atoms with Crippen LogP contribution in [0.4, 0.5) is 5.95 Å². The first-order valence-electron chi connectivity index (χ1n) is 4.46. The Morgan fingerprint density at radius 3 is 2.93 bits per heavy atom. The first kappa shape index (κ1) is 10.0. The normalized spacial score (nSPS) is 21.4. The number of hydrogen-bond acceptors (Lipinski definition) is 6. The van der Waals surface area contributed by atoms with Crippen molar-refractivity contribution in [1.82, 2.24) is 15.0 Å². The van der Waals surface area contributed by atoms with E-state index in [-0.39, 0.29) is 0 Å². The van der Waals surface area contributed by atoms with E-state index in [1.54, 1.807) is 0 Å². The number of anilines is 1. The summed E-state index contributed by atoms with van der Waals surface area (Å²) in [5, 5.41) is 1.14. The highest BCUT2D eigenvalue weighted by Gasteiger charge is 2.21. The zero-order valence-electron chi connectivity index (χ0n) is 7.93. The molecule has 2 heterocycles. The van der Waals surface area contributed by atoms with Gasteiger partial charge in [-0.05, 0) is 24.9 Å². The number of thioether (sulfide) groups is 2. The standard InChI is InChI=1S/C8H12N4S2/c1-13-8-11-6(10-7(9)12-8)5-3-2-4-14-5/h5H,2-4H2,1H3,(H2,9,10,11,12). The molecule has 0 amide bonds. The van der Waals surface area contributed by atoms with Gasteiger partial charge in [0.15, 0.2) is 5.16 Å². The Bertz CT molecular complexity index is 325. The summed E-state index contributed by atoms with van der Waals surface area (Å²) in [5.74, 6) is 2.39. The first-order valence-corrected chi connectivity index (χ1v) is 6.74. The smallest absolute Gasteiger partial charge is 0.224 e. The maximum atomic E-state index is 5.62. The van der Waals surface area contributed by atoms with E-state index >= 15 is 0 Å². The molecule has 1 aromatic rings. The van der Waals surface area contributed by atoms with Crippen molar-refractivity contribution in [2.45, 2.75) is 23.2 Å². The third kappa shape index (κ3) is 2.12. The molecule has 1 saturated heterocycles. The summed E-state index contributed by atoms with van der Waals surface area (Å²) in [6.07, 6.45) is 4.35. The van der Waals surface area contributed by atoms with Gasteiger partial charge in [-0.1, -0.05) is 11.8 Å². The molecule has 1 aliphatic heterocycles. The van der Waals surface area contributed by atoms with Crippen LogP contribution < -0.4 is 5.73 Å². The molecule has 0 aromatic carbocycles. The second-order valence-electron chi connectivity index (χ2n) is 3.04. The van der Waals surface area contributed by atoms with Crippen LogP contribution in [-0.2, 0) is 0 Å². The van der Waals surface area contributed by atoms with Crippen molar-refractivity contribution in [3.8, 4) is 0 Å². The highest BCUT2D eigenvalue weighted by Crippen LogP contribution is 2.38. The molecule has 1 aliphatic rings. The van der Waals surface area contributed by atoms with E-state index in [4.69, 9.17) is 5.73 Å². The maximum Gasteiger partial charge on any atom is 0.224 e. The zero-order valence-corrected chi connectivity index (χ0v) is 9.57. The van der Waals surface area contributed by atoms with Gasteiger partial charge in [-0.25, -0.2) is 4.98 Å². The van der Waals surface area contributed by atoms with Gasteiger partial charge in [-0.3, -0.25) is 0 Å². The van der Waals surface area contributed by atoms with Gasteiger partial charge in [-0.2, -0.15) is 21.7 Å². The van der Waals surface area contributed by atoms with Gasteiger partial charge in [-0.15, -0.1) is 0 Å². The van der Waals surface area contributed by atoms with Crippen LogP contribution in [0.5, 0.6) is 0 Å². The number of nitrogens with zero attached hydrogens (tertiary/aromatic N) is 3. The summed E-state index contributed by atoms with van der Waals surface area (Å²) in [5.41, 5.74) is 5.62. The third-order valence-electron chi connectivity index (χ3n) is 2.05. The second-order valence-corrected chi connectivity index (χ2v) is 5.12. The van der Waals surface area contributed by atoms with Gasteiger partial charge in [0, 0.05) is 0 Å². The second kappa shape index (κ2) is 4.35. The molecule has 0 spiro atoms. The maximum absolute atomic E-state index is 5.62. The van der Waals surface area contributed by atoms with Gasteiger partial charge in [0.05, 0.1) is 5.25 Å². The summed E-state index contributed by atoms with van der Waals surface area (Å²) in [6, 6.07) is 0. The Morgan fingerprint density at radius 2 is 2.29 bits per heavy atom. The molecule has 76 valence electrons. The number of rotatable bonds is 2. The fourth-order valence-electron chi connectivity index (χ4n) is 1.40. The van der Waals surface area contributed by atoms with Gasteiger partial charge in [0.2, 0.25) is 5.95 Å². The molecule has 0 aliphatic carbocycles. The van der Waals surface area contributed by atoms with Crippen molar-refractivity contribution in [2.24, 2.45) is 0 Å². The minimum atomic E-state index is 0.340. The van der Waals surface area contributed by atoms with Gasteiger partial charge >= 0.3 is 0 Å². The van der Waals surface area contributed by atoms with Gasteiger partial charge in [0.1, 0.15) is 5.82 Å². The first-order chi connectivity index (χ1) is 6.79. The SMILES string of the molecule is CSc1nc(N)nc(C2CCCS2)n1. The van der Waals surface area contributed by atoms with E-state index in [2.05, 4.69) is 15.0 Å². The van der Waals surface area contributed by atoms with E-state index in [0.717, 1.165) is 17.4 Å². The van der Waals surface area contributed by atoms with Crippen LogP contribution in [0.15, 0.2) is 5.16 Å². The molecule has 2 rings (SSSR count). The van der Waals surface area contributed by atoms with Crippen molar-refractivity contribution in [3.63, 3.8) is 0 Å². The van der Waals surface area contributed by atoms with E-state index in [1.165, 1.54) is 23.9 Å². The highest BCUT2D eigenvalue weighted by molar-refractivity contribution is 7.99. The predicted octanol–water partition coefficient (Wildman–Crippen LogP) is 1.74. The van der Waals surface area contributed by atoms with Crippen molar-refractivity contribution in [3.05, 3.63) is 5.82 Å². The molecule has 0 radical (unpaired) electrons. The summed E-state index contributed by atoms with van der Waals surface area (Å²) in [4.78, 5) is 12.6.